The van der Waals surface area contributed by atoms with Gasteiger partial charge in [-0.25, -0.2) is 4.39 Å². The van der Waals surface area contributed by atoms with Crippen LogP contribution in [0.25, 0.3) is 0 Å². The van der Waals surface area contributed by atoms with Gasteiger partial charge in [0.15, 0.2) is 5.17 Å². The number of nitrogens with zero attached hydrogens (tertiary/aromatic N) is 1. The van der Waals surface area contributed by atoms with Crippen molar-refractivity contribution in [3.05, 3.63) is 35.1 Å². The third-order valence-electron chi connectivity index (χ3n) is 4.60. The molecule has 0 bridgehead atoms. The average Bonchev–Trinajstić information content (AvgIpc) is 2.42. The molecule has 0 saturated carbocycles. The van der Waals surface area contributed by atoms with Crippen molar-refractivity contribution < 1.29 is 4.39 Å². The molecule has 1 heterocycles. The van der Waals surface area contributed by atoms with E-state index in [9.17, 15) is 4.39 Å². The van der Waals surface area contributed by atoms with Crippen LogP contribution in [0.2, 0.25) is 0 Å². The first kappa shape index (κ1) is 19.9. The Hall–Kier alpha value is -1.40. The lowest BCUT2D eigenvalue weighted by Gasteiger charge is -2.49. The second-order valence-corrected chi connectivity index (χ2v) is 9.28. The molecule has 1 aromatic rings. The summed E-state index contributed by atoms with van der Waals surface area (Å²) >= 11 is 1.01. The molecule has 0 spiro atoms. The minimum Gasteiger partial charge on any atom is -0.351 e. The zero-order valence-corrected chi connectivity index (χ0v) is 16.8. The molecule has 25 heavy (non-hydrogen) atoms. The van der Waals surface area contributed by atoms with Crippen molar-refractivity contribution in [2.75, 3.05) is 7.05 Å². The van der Waals surface area contributed by atoms with E-state index >= 15 is 0 Å². The van der Waals surface area contributed by atoms with Crippen LogP contribution in [-0.4, -0.2) is 39.3 Å². The first-order valence-corrected chi connectivity index (χ1v) is 9.35. The fourth-order valence-corrected chi connectivity index (χ4v) is 4.50. The highest BCUT2D eigenvalue weighted by atomic mass is 32.2. The molecule has 0 aliphatic carbocycles. The largest absolute Gasteiger partial charge is 0.351 e. The normalized spacial score (nSPS) is 19.5. The van der Waals surface area contributed by atoms with Gasteiger partial charge in [0.25, 0.3) is 0 Å². The molecule has 0 amide bonds. The quantitative estimate of drug-likeness (QED) is 0.539. The Morgan fingerprint density at radius 1 is 1.20 bits per heavy atom. The van der Waals surface area contributed by atoms with Crippen molar-refractivity contribution in [2.24, 2.45) is 0 Å². The molecular weight excluding hydrogens is 335 g/mol. The van der Waals surface area contributed by atoms with Gasteiger partial charge in [-0.2, -0.15) is 0 Å². The van der Waals surface area contributed by atoms with Gasteiger partial charge < -0.3 is 10.2 Å². The summed E-state index contributed by atoms with van der Waals surface area (Å²) in [5, 5.41) is 20.6. The Balaban J connectivity index is 2.08. The first-order valence-electron chi connectivity index (χ1n) is 8.54. The van der Waals surface area contributed by atoms with Crippen molar-refractivity contribution in [3.63, 3.8) is 0 Å². The average molecular weight is 365 g/mol. The standard InChI is InChI=1S/C19H29FN4S/c1-12-7-8-14(15(20)9-12)16(21)25-17(22)24(6)13-10-18(2,3)23-19(4,5)11-13/h7-9,13,21-23H,10-11H2,1-6H3. The van der Waals surface area contributed by atoms with Gasteiger partial charge in [0.2, 0.25) is 0 Å². The summed E-state index contributed by atoms with van der Waals surface area (Å²) in [5.41, 5.74) is 1.05. The summed E-state index contributed by atoms with van der Waals surface area (Å²) in [5.74, 6) is -0.405. The van der Waals surface area contributed by atoms with Crippen LogP contribution in [0.4, 0.5) is 4.39 Å². The highest BCUT2D eigenvalue weighted by molar-refractivity contribution is 8.26. The van der Waals surface area contributed by atoms with E-state index < -0.39 is 5.82 Å². The van der Waals surface area contributed by atoms with E-state index in [-0.39, 0.29) is 32.9 Å². The van der Waals surface area contributed by atoms with E-state index in [1.54, 1.807) is 12.1 Å². The molecule has 138 valence electrons. The van der Waals surface area contributed by atoms with Crippen LogP contribution in [0.3, 0.4) is 0 Å². The number of halogens is 1. The number of thioether (sulfide) groups is 1. The van der Waals surface area contributed by atoms with Gasteiger partial charge in [-0.1, -0.05) is 6.07 Å². The summed E-state index contributed by atoms with van der Waals surface area (Å²) in [6, 6.07) is 5.04. The number of benzene rings is 1. The second kappa shape index (κ2) is 7.08. The van der Waals surface area contributed by atoms with Crippen LogP contribution in [0.15, 0.2) is 18.2 Å². The predicted molar refractivity (Wildman–Crippen MR) is 105 cm³/mol. The van der Waals surface area contributed by atoms with Gasteiger partial charge in [0.05, 0.1) is 0 Å². The maximum absolute atomic E-state index is 14.1. The van der Waals surface area contributed by atoms with Crippen LogP contribution in [0.5, 0.6) is 0 Å². The monoisotopic (exact) mass is 364 g/mol. The Kier molecular flexibility index (Phi) is 5.64. The smallest absolute Gasteiger partial charge is 0.162 e. The van der Waals surface area contributed by atoms with Crippen molar-refractivity contribution >= 4 is 22.0 Å². The fraction of sp³-hybridized carbons (Fsp3) is 0.579. The Morgan fingerprint density at radius 2 is 1.76 bits per heavy atom. The number of hydrogen-bond acceptors (Lipinski definition) is 4. The minimum absolute atomic E-state index is 0.0117. The molecule has 4 nitrogen and oxygen atoms in total. The van der Waals surface area contributed by atoms with Crippen molar-refractivity contribution in [3.8, 4) is 0 Å². The summed E-state index contributed by atoms with van der Waals surface area (Å²) in [6.45, 7) is 10.5. The number of amidine groups is 1. The molecular formula is C19H29FN4S. The summed E-state index contributed by atoms with van der Waals surface area (Å²) in [4.78, 5) is 1.93. The molecule has 0 aromatic heterocycles. The van der Waals surface area contributed by atoms with Gasteiger partial charge in [0.1, 0.15) is 10.9 Å². The molecule has 1 fully saturated rings. The van der Waals surface area contributed by atoms with Crippen molar-refractivity contribution in [2.45, 2.75) is 64.6 Å². The Bertz CT molecular complexity index is 668. The van der Waals surface area contributed by atoms with Gasteiger partial charge in [-0.15, -0.1) is 0 Å². The fourth-order valence-electron chi connectivity index (χ4n) is 3.74. The highest BCUT2D eigenvalue weighted by Crippen LogP contribution is 2.32. The maximum atomic E-state index is 14.1. The van der Waals surface area contributed by atoms with Gasteiger partial charge in [0, 0.05) is 29.7 Å². The molecule has 6 heteroatoms. The second-order valence-electron chi connectivity index (χ2n) is 8.29. The molecule has 2 rings (SSSR count). The summed E-state index contributed by atoms with van der Waals surface area (Å²) in [7, 11) is 1.90. The lowest BCUT2D eigenvalue weighted by molar-refractivity contribution is 0.114. The third-order valence-corrected chi connectivity index (χ3v) is 5.51. The molecule has 3 N–H and O–H groups in total. The zero-order valence-electron chi connectivity index (χ0n) is 16.0. The van der Waals surface area contributed by atoms with E-state index in [2.05, 4.69) is 33.0 Å². The number of hydrogen-bond donors (Lipinski definition) is 3. The van der Waals surface area contributed by atoms with Crippen LogP contribution >= 0.6 is 11.8 Å². The van der Waals surface area contributed by atoms with Gasteiger partial charge >= 0.3 is 0 Å². The topological polar surface area (TPSA) is 63.0 Å². The van der Waals surface area contributed by atoms with E-state index in [1.807, 2.05) is 18.9 Å². The minimum atomic E-state index is -0.405. The van der Waals surface area contributed by atoms with Crippen LogP contribution < -0.4 is 5.32 Å². The van der Waals surface area contributed by atoms with Crippen LogP contribution in [0, 0.1) is 23.6 Å². The van der Waals surface area contributed by atoms with Crippen molar-refractivity contribution in [1.29, 1.82) is 10.8 Å². The molecule has 0 radical (unpaired) electrons. The Morgan fingerprint density at radius 3 is 2.28 bits per heavy atom. The SMILES string of the molecule is Cc1ccc(C(=N)SC(=N)N(C)C2CC(C)(C)NC(C)(C)C2)c(F)c1. The van der Waals surface area contributed by atoms with Crippen LogP contribution in [0.1, 0.15) is 51.7 Å². The number of aryl methyl sites for hydroxylation is 1. The Labute approximate surface area is 154 Å². The predicted octanol–water partition coefficient (Wildman–Crippen LogP) is 4.37. The first-order chi connectivity index (χ1) is 11.4. The summed E-state index contributed by atoms with van der Waals surface area (Å²) < 4.78 is 14.1. The van der Waals surface area contributed by atoms with E-state index in [0.717, 1.165) is 30.2 Å². The van der Waals surface area contributed by atoms with Crippen LogP contribution in [-0.2, 0) is 0 Å². The zero-order chi connectivity index (χ0) is 19.0. The molecule has 0 unspecified atom stereocenters. The highest BCUT2D eigenvalue weighted by Gasteiger charge is 2.39. The molecule has 1 saturated heterocycles. The number of rotatable bonds is 2. The van der Waals surface area contributed by atoms with Gasteiger partial charge in [-0.05, 0) is 76.9 Å². The van der Waals surface area contributed by atoms with E-state index in [1.165, 1.54) is 6.07 Å². The van der Waals surface area contributed by atoms with E-state index in [4.69, 9.17) is 10.8 Å². The van der Waals surface area contributed by atoms with E-state index in [0.29, 0.717) is 0 Å². The van der Waals surface area contributed by atoms with Crippen molar-refractivity contribution in [1.82, 2.24) is 10.2 Å². The molecule has 1 aromatic carbocycles. The lowest BCUT2D eigenvalue weighted by Crippen LogP contribution is -2.62. The lowest BCUT2D eigenvalue weighted by atomic mass is 9.79. The molecule has 1 aliphatic rings. The summed E-state index contributed by atoms with van der Waals surface area (Å²) in [6.07, 6.45) is 1.84. The van der Waals surface area contributed by atoms with Gasteiger partial charge in [-0.3, -0.25) is 10.8 Å². The maximum Gasteiger partial charge on any atom is 0.162 e. The third kappa shape index (κ3) is 5.05. The molecule has 1 aliphatic heterocycles. The number of piperidine rings is 1. The molecule has 0 atom stereocenters. The number of nitrogens with one attached hydrogen (secondary N) is 3.